The van der Waals surface area contributed by atoms with Gasteiger partial charge in [0.2, 0.25) is 0 Å². The van der Waals surface area contributed by atoms with Crippen molar-refractivity contribution in [2.75, 3.05) is 26.7 Å². The van der Waals surface area contributed by atoms with Crippen molar-refractivity contribution in [3.63, 3.8) is 0 Å². The van der Waals surface area contributed by atoms with E-state index in [1.54, 1.807) is 0 Å². The molecular formula is C12H25NO2. The maximum atomic E-state index is 10.0. The molecule has 1 atom stereocenters. The maximum Gasteiger partial charge on any atom is 0.0884 e. The van der Waals surface area contributed by atoms with Crippen LogP contribution in [0.1, 0.15) is 39.5 Å². The molecular weight excluding hydrogens is 190 g/mol. The van der Waals surface area contributed by atoms with Gasteiger partial charge in [0.25, 0.3) is 0 Å². The third kappa shape index (κ3) is 4.49. The number of aliphatic hydroxyl groups excluding tert-OH is 1. The van der Waals surface area contributed by atoms with E-state index in [-0.39, 0.29) is 6.10 Å². The Hall–Kier alpha value is -0.120. The Morgan fingerprint density at radius 1 is 1.20 bits per heavy atom. The SMILES string of the molecule is CN1CCCCCOC(C)(C)C(O)CC1. The van der Waals surface area contributed by atoms with E-state index in [1.807, 2.05) is 13.8 Å². The Morgan fingerprint density at radius 3 is 2.67 bits per heavy atom. The molecule has 3 nitrogen and oxygen atoms in total. The van der Waals surface area contributed by atoms with E-state index in [4.69, 9.17) is 4.74 Å². The third-order valence-electron chi connectivity index (χ3n) is 3.24. The van der Waals surface area contributed by atoms with Gasteiger partial charge in [-0.1, -0.05) is 0 Å². The smallest absolute Gasteiger partial charge is 0.0884 e. The van der Waals surface area contributed by atoms with Crippen molar-refractivity contribution in [1.82, 2.24) is 4.90 Å². The van der Waals surface area contributed by atoms with Crippen molar-refractivity contribution >= 4 is 0 Å². The molecule has 0 aromatic rings. The van der Waals surface area contributed by atoms with Crippen LogP contribution in [0.15, 0.2) is 0 Å². The number of nitrogens with zero attached hydrogens (tertiary/aromatic N) is 1. The lowest BCUT2D eigenvalue weighted by Gasteiger charge is -2.31. The van der Waals surface area contributed by atoms with Crippen LogP contribution < -0.4 is 0 Å². The molecule has 1 heterocycles. The Labute approximate surface area is 93.4 Å². The molecule has 0 saturated carbocycles. The molecule has 1 N–H and O–H groups in total. The van der Waals surface area contributed by atoms with Gasteiger partial charge in [0, 0.05) is 13.2 Å². The van der Waals surface area contributed by atoms with Gasteiger partial charge in [-0.15, -0.1) is 0 Å². The highest BCUT2D eigenvalue weighted by atomic mass is 16.5. The molecule has 0 aromatic carbocycles. The van der Waals surface area contributed by atoms with Crippen molar-refractivity contribution in [1.29, 1.82) is 0 Å². The summed E-state index contributed by atoms with van der Waals surface area (Å²) >= 11 is 0. The van der Waals surface area contributed by atoms with Gasteiger partial charge in [0.05, 0.1) is 11.7 Å². The maximum absolute atomic E-state index is 10.0. The Morgan fingerprint density at radius 2 is 1.93 bits per heavy atom. The second-order valence-electron chi connectivity index (χ2n) is 5.12. The average molecular weight is 215 g/mol. The van der Waals surface area contributed by atoms with Gasteiger partial charge in [-0.05, 0) is 53.1 Å². The normalized spacial score (nSPS) is 30.8. The topological polar surface area (TPSA) is 32.7 Å². The fourth-order valence-electron chi connectivity index (χ4n) is 1.89. The molecule has 0 radical (unpaired) electrons. The van der Waals surface area contributed by atoms with Crippen LogP contribution in [-0.4, -0.2) is 48.5 Å². The van der Waals surface area contributed by atoms with Crippen molar-refractivity contribution in [3.05, 3.63) is 0 Å². The van der Waals surface area contributed by atoms with Gasteiger partial charge in [-0.25, -0.2) is 0 Å². The van der Waals surface area contributed by atoms with Crippen LogP contribution in [0, 0.1) is 0 Å². The lowest BCUT2D eigenvalue weighted by Crippen LogP contribution is -2.41. The van der Waals surface area contributed by atoms with Gasteiger partial charge < -0.3 is 14.7 Å². The zero-order valence-corrected chi connectivity index (χ0v) is 10.3. The predicted molar refractivity (Wildman–Crippen MR) is 62.0 cm³/mol. The van der Waals surface area contributed by atoms with E-state index in [0.29, 0.717) is 0 Å². The van der Waals surface area contributed by atoms with E-state index < -0.39 is 5.60 Å². The zero-order valence-electron chi connectivity index (χ0n) is 10.3. The lowest BCUT2D eigenvalue weighted by atomic mass is 9.98. The summed E-state index contributed by atoms with van der Waals surface area (Å²) in [5.41, 5.74) is -0.398. The van der Waals surface area contributed by atoms with Crippen LogP contribution >= 0.6 is 0 Å². The highest BCUT2D eigenvalue weighted by molar-refractivity contribution is 4.80. The van der Waals surface area contributed by atoms with Crippen molar-refractivity contribution < 1.29 is 9.84 Å². The quantitative estimate of drug-likeness (QED) is 0.667. The van der Waals surface area contributed by atoms with E-state index in [1.165, 1.54) is 12.8 Å². The summed E-state index contributed by atoms with van der Waals surface area (Å²) in [7, 11) is 2.12. The average Bonchev–Trinajstić information content (AvgIpc) is 2.20. The summed E-state index contributed by atoms with van der Waals surface area (Å²) in [6.07, 6.45) is 3.98. The second-order valence-corrected chi connectivity index (χ2v) is 5.12. The van der Waals surface area contributed by atoms with Crippen LogP contribution in [0.3, 0.4) is 0 Å². The molecule has 0 aliphatic carbocycles. The fraction of sp³-hybridized carbons (Fsp3) is 1.00. The second kappa shape index (κ2) is 5.83. The Balaban J connectivity index is 2.50. The molecule has 1 aliphatic rings. The molecule has 1 aliphatic heterocycles. The molecule has 1 fully saturated rings. The number of rotatable bonds is 0. The molecule has 1 saturated heterocycles. The molecule has 3 heteroatoms. The van der Waals surface area contributed by atoms with Crippen LogP contribution in [0.5, 0.6) is 0 Å². The van der Waals surface area contributed by atoms with E-state index in [9.17, 15) is 5.11 Å². The van der Waals surface area contributed by atoms with Gasteiger partial charge in [-0.2, -0.15) is 0 Å². The zero-order chi connectivity index (χ0) is 11.3. The minimum atomic E-state index is -0.398. The third-order valence-corrected chi connectivity index (χ3v) is 3.24. The number of ether oxygens (including phenoxy) is 1. The minimum Gasteiger partial charge on any atom is -0.390 e. The van der Waals surface area contributed by atoms with Crippen molar-refractivity contribution in [2.45, 2.75) is 51.2 Å². The Bertz CT molecular complexity index is 182. The number of hydrogen-bond donors (Lipinski definition) is 1. The van der Waals surface area contributed by atoms with Crippen molar-refractivity contribution in [2.24, 2.45) is 0 Å². The summed E-state index contributed by atoms with van der Waals surface area (Å²) in [4.78, 5) is 2.30. The highest BCUT2D eigenvalue weighted by Gasteiger charge is 2.28. The molecule has 0 amide bonds. The first-order valence-corrected chi connectivity index (χ1v) is 6.03. The molecule has 0 bridgehead atoms. The first kappa shape index (κ1) is 12.9. The van der Waals surface area contributed by atoms with Crippen LogP contribution in [0.4, 0.5) is 0 Å². The molecule has 90 valence electrons. The van der Waals surface area contributed by atoms with E-state index >= 15 is 0 Å². The summed E-state index contributed by atoms with van der Waals surface area (Å²) in [5, 5.41) is 10.0. The van der Waals surface area contributed by atoms with Gasteiger partial charge in [0.15, 0.2) is 0 Å². The van der Waals surface area contributed by atoms with Gasteiger partial charge >= 0.3 is 0 Å². The number of hydrogen-bond acceptors (Lipinski definition) is 3. The van der Waals surface area contributed by atoms with Crippen LogP contribution in [-0.2, 0) is 4.74 Å². The lowest BCUT2D eigenvalue weighted by molar-refractivity contribution is -0.104. The minimum absolute atomic E-state index is 0.363. The van der Waals surface area contributed by atoms with Gasteiger partial charge in [0.1, 0.15) is 0 Å². The summed E-state index contributed by atoms with van der Waals surface area (Å²) in [5.74, 6) is 0. The van der Waals surface area contributed by atoms with Crippen molar-refractivity contribution in [3.8, 4) is 0 Å². The van der Waals surface area contributed by atoms with E-state index in [2.05, 4.69) is 11.9 Å². The number of aliphatic hydroxyl groups is 1. The first-order chi connectivity index (χ1) is 7.02. The molecule has 1 rings (SSSR count). The summed E-state index contributed by atoms with van der Waals surface area (Å²) in [6.45, 7) is 6.82. The molecule has 0 spiro atoms. The molecule has 0 aromatic heterocycles. The van der Waals surface area contributed by atoms with Crippen LogP contribution in [0.2, 0.25) is 0 Å². The van der Waals surface area contributed by atoms with E-state index in [0.717, 1.165) is 32.5 Å². The first-order valence-electron chi connectivity index (χ1n) is 6.03. The standard InChI is InChI=1S/C12H25NO2/c1-12(2)11(14)7-9-13(3)8-5-4-6-10-15-12/h11,14H,4-10H2,1-3H3. The Kier molecular flexibility index (Phi) is 5.03. The summed E-state index contributed by atoms with van der Waals surface area (Å²) < 4.78 is 5.74. The van der Waals surface area contributed by atoms with Crippen LogP contribution in [0.25, 0.3) is 0 Å². The molecule has 1 unspecified atom stereocenters. The largest absolute Gasteiger partial charge is 0.390 e. The predicted octanol–water partition coefficient (Wildman–Crippen LogP) is 1.65. The molecule has 15 heavy (non-hydrogen) atoms. The van der Waals surface area contributed by atoms with Gasteiger partial charge in [-0.3, -0.25) is 0 Å². The highest BCUT2D eigenvalue weighted by Crippen LogP contribution is 2.19. The monoisotopic (exact) mass is 215 g/mol. The summed E-state index contributed by atoms with van der Waals surface area (Å²) in [6, 6.07) is 0. The fourth-order valence-corrected chi connectivity index (χ4v) is 1.89.